The number of anilines is 1. The lowest BCUT2D eigenvalue weighted by Crippen LogP contribution is -2.17. The van der Waals surface area contributed by atoms with Crippen LogP contribution in [0.5, 0.6) is 0 Å². The molecule has 8 heteroatoms. The fourth-order valence-corrected chi connectivity index (χ4v) is 1.93. The van der Waals surface area contributed by atoms with Crippen molar-refractivity contribution in [3.8, 4) is 6.07 Å². The quantitative estimate of drug-likeness (QED) is 0.289. The molecule has 1 rings (SSSR count). The number of nitriles is 1. The fraction of sp³-hybridized carbons (Fsp3) is 0.294. The number of carbonyl (C=O) groups excluding carboxylic acids is 1. The summed E-state index contributed by atoms with van der Waals surface area (Å²) in [5.74, 6) is -2.59. The highest BCUT2D eigenvalue weighted by Gasteiger charge is 2.10. The number of nitrogens with zero attached hydrogens (tertiary/aromatic N) is 1. The molecule has 0 aliphatic rings. The lowest BCUT2D eigenvalue weighted by atomic mass is 10.2. The van der Waals surface area contributed by atoms with Crippen molar-refractivity contribution >= 4 is 23.5 Å². The highest BCUT2D eigenvalue weighted by Crippen LogP contribution is 2.11. The van der Waals surface area contributed by atoms with E-state index in [2.05, 4.69) is 10.6 Å². The maximum atomic E-state index is 12.0. The average Bonchev–Trinajstić information content (AvgIpc) is 2.57. The summed E-state index contributed by atoms with van der Waals surface area (Å²) in [6.07, 6.45) is 3.42. The van der Waals surface area contributed by atoms with Crippen LogP contribution in [0.2, 0.25) is 0 Å². The summed E-state index contributed by atoms with van der Waals surface area (Å²) in [7, 11) is 0. The summed E-state index contributed by atoms with van der Waals surface area (Å²) in [4.78, 5) is 33.3. The summed E-state index contributed by atoms with van der Waals surface area (Å²) in [5, 5.41) is 31.8. The first-order valence-electron chi connectivity index (χ1n) is 7.64. The molecule has 0 bridgehead atoms. The van der Waals surface area contributed by atoms with Crippen molar-refractivity contribution in [1.82, 2.24) is 5.32 Å². The molecule has 1 aromatic carbocycles. The van der Waals surface area contributed by atoms with Crippen LogP contribution >= 0.6 is 0 Å². The van der Waals surface area contributed by atoms with Gasteiger partial charge < -0.3 is 20.8 Å². The molecule has 0 aliphatic heterocycles. The Balaban J connectivity index is 2.49. The molecule has 0 aromatic heterocycles. The zero-order valence-electron chi connectivity index (χ0n) is 13.5. The van der Waals surface area contributed by atoms with Crippen LogP contribution in [-0.4, -0.2) is 34.6 Å². The topological polar surface area (TPSA) is 140 Å². The molecule has 0 spiro atoms. The predicted octanol–water partition coefficient (Wildman–Crippen LogP) is 1.97. The van der Waals surface area contributed by atoms with Gasteiger partial charge in [0.1, 0.15) is 11.6 Å². The molecule has 0 heterocycles. The van der Waals surface area contributed by atoms with Gasteiger partial charge in [0.05, 0.1) is 5.56 Å². The summed E-state index contributed by atoms with van der Waals surface area (Å²) < 4.78 is 0. The molecule has 0 unspecified atom stereocenters. The van der Waals surface area contributed by atoms with Crippen LogP contribution in [0, 0.1) is 11.3 Å². The number of aromatic carboxylic acids is 1. The van der Waals surface area contributed by atoms with Gasteiger partial charge in [-0.25, -0.2) is 4.79 Å². The number of nitrogens with one attached hydrogen (secondary N) is 2. The van der Waals surface area contributed by atoms with Gasteiger partial charge in [0.2, 0.25) is 0 Å². The fourth-order valence-electron chi connectivity index (χ4n) is 1.93. The standard InChI is InChI=1S/C17H19N3O5/c18-10-13(11-19-8-3-1-2-7-15(21)22)16(23)20-14-6-4-5-12(9-14)17(24)25/h4-6,9,11,19H,1-3,7-8H2,(H,20,23)(H,21,22)(H,24,25)/b13-11-. The van der Waals surface area contributed by atoms with E-state index >= 15 is 0 Å². The first-order chi connectivity index (χ1) is 11.9. The Morgan fingerprint density at radius 2 is 1.92 bits per heavy atom. The Labute approximate surface area is 144 Å². The zero-order chi connectivity index (χ0) is 18.7. The summed E-state index contributed by atoms with van der Waals surface area (Å²) in [5.41, 5.74) is 0.158. The number of carboxylic acids is 2. The summed E-state index contributed by atoms with van der Waals surface area (Å²) >= 11 is 0. The molecule has 0 saturated carbocycles. The third-order valence-electron chi connectivity index (χ3n) is 3.19. The van der Waals surface area contributed by atoms with E-state index in [0.717, 1.165) is 6.42 Å². The number of rotatable bonds is 10. The van der Waals surface area contributed by atoms with Gasteiger partial charge in [0.25, 0.3) is 5.91 Å². The van der Waals surface area contributed by atoms with Gasteiger partial charge in [0, 0.05) is 24.9 Å². The Bertz CT molecular complexity index is 706. The summed E-state index contributed by atoms with van der Waals surface area (Å²) in [6, 6.07) is 7.47. The molecule has 132 valence electrons. The predicted molar refractivity (Wildman–Crippen MR) is 89.8 cm³/mol. The second-order valence-corrected chi connectivity index (χ2v) is 5.17. The third kappa shape index (κ3) is 7.65. The molecule has 0 saturated heterocycles. The number of amides is 1. The van der Waals surface area contributed by atoms with Crippen LogP contribution < -0.4 is 10.6 Å². The maximum absolute atomic E-state index is 12.0. The molecule has 0 radical (unpaired) electrons. The third-order valence-corrected chi connectivity index (χ3v) is 3.19. The van der Waals surface area contributed by atoms with Crippen LogP contribution in [0.15, 0.2) is 36.0 Å². The minimum atomic E-state index is -1.11. The van der Waals surface area contributed by atoms with Crippen LogP contribution in [0.1, 0.15) is 36.0 Å². The first-order valence-corrected chi connectivity index (χ1v) is 7.64. The highest BCUT2D eigenvalue weighted by molar-refractivity contribution is 6.06. The van der Waals surface area contributed by atoms with Crippen molar-refractivity contribution < 1.29 is 24.6 Å². The van der Waals surface area contributed by atoms with Crippen molar-refractivity contribution in [2.45, 2.75) is 25.7 Å². The number of hydrogen-bond donors (Lipinski definition) is 4. The molecule has 4 N–H and O–H groups in total. The van der Waals surface area contributed by atoms with Gasteiger partial charge in [-0.15, -0.1) is 0 Å². The molecule has 0 fully saturated rings. The van der Waals surface area contributed by atoms with Crippen LogP contribution in [0.4, 0.5) is 5.69 Å². The molecule has 0 atom stereocenters. The number of carbonyl (C=O) groups is 3. The van der Waals surface area contributed by atoms with Gasteiger partial charge >= 0.3 is 11.9 Å². The molecule has 1 amide bonds. The monoisotopic (exact) mass is 345 g/mol. The summed E-state index contributed by atoms with van der Waals surface area (Å²) in [6.45, 7) is 0.507. The number of benzene rings is 1. The Hall–Kier alpha value is -3.34. The van der Waals surface area contributed by atoms with Gasteiger partial charge in [-0.2, -0.15) is 5.26 Å². The number of hydrogen-bond acceptors (Lipinski definition) is 5. The van der Waals surface area contributed by atoms with E-state index in [9.17, 15) is 14.4 Å². The van der Waals surface area contributed by atoms with Gasteiger partial charge in [-0.1, -0.05) is 12.5 Å². The molecular weight excluding hydrogens is 326 g/mol. The van der Waals surface area contributed by atoms with Crippen LogP contribution in [-0.2, 0) is 9.59 Å². The van der Waals surface area contributed by atoms with Gasteiger partial charge in [-0.05, 0) is 31.0 Å². The van der Waals surface area contributed by atoms with Crippen molar-refractivity contribution in [2.24, 2.45) is 0 Å². The van der Waals surface area contributed by atoms with Crippen molar-refractivity contribution in [3.63, 3.8) is 0 Å². The molecule has 25 heavy (non-hydrogen) atoms. The highest BCUT2D eigenvalue weighted by atomic mass is 16.4. The normalized spacial score (nSPS) is 10.6. The average molecular weight is 345 g/mol. The van der Waals surface area contributed by atoms with Crippen molar-refractivity contribution in [1.29, 1.82) is 5.26 Å². The Kier molecular flexibility index (Phi) is 8.23. The number of aliphatic carboxylic acids is 1. The van der Waals surface area contributed by atoms with E-state index in [4.69, 9.17) is 15.5 Å². The molecule has 0 aliphatic carbocycles. The number of unbranched alkanes of at least 4 members (excludes halogenated alkanes) is 2. The van der Waals surface area contributed by atoms with Crippen molar-refractivity contribution in [2.75, 3.05) is 11.9 Å². The maximum Gasteiger partial charge on any atom is 0.335 e. The van der Waals surface area contributed by atoms with Crippen LogP contribution in [0.25, 0.3) is 0 Å². The Morgan fingerprint density at radius 3 is 2.56 bits per heavy atom. The lowest BCUT2D eigenvalue weighted by Gasteiger charge is -2.06. The zero-order valence-corrected chi connectivity index (χ0v) is 13.5. The van der Waals surface area contributed by atoms with E-state index in [0.29, 0.717) is 19.4 Å². The number of carboxylic acid groups (broad SMARTS) is 2. The Morgan fingerprint density at radius 1 is 1.16 bits per heavy atom. The first kappa shape index (κ1) is 19.7. The molecule has 1 aromatic rings. The SMILES string of the molecule is N#C/C(=C/NCCCCCC(=O)O)C(=O)Nc1cccc(C(=O)O)c1. The van der Waals surface area contributed by atoms with E-state index in [-0.39, 0.29) is 23.2 Å². The minimum Gasteiger partial charge on any atom is -0.481 e. The molecule has 8 nitrogen and oxygen atoms in total. The van der Waals surface area contributed by atoms with E-state index < -0.39 is 17.8 Å². The van der Waals surface area contributed by atoms with Crippen molar-refractivity contribution in [3.05, 3.63) is 41.6 Å². The van der Waals surface area contributed by atoms with E-state index in [1.807, 2.05) is 0 Å². The second kappa shape index (κ2) is 10.4. The van der Waals surface area contributed by atoms with E-state index in [1.54, 1.807) is 6.07 Å². The van der Waals surface area contributed by atoms with Crippen LogP contribution in [0.3, 0.4) is 0 Å². The smallest absolute Gasteiger partial charge is 0.335 e. The molecular formula is C17H19N3O5. The van der Waals surface area contributed by atoms with Gasteiger partial charge in [0.15, 0.2) is 0 Å². The van der Waals surface area contributed by atoms with Gasteiger partial charge in [-0.3, -0.25) is 9.59 Å². The minimum absolute atomic E-state index is 0.0276. The largest absolute Gasteiger partial charge is 0.481 e. The lowest BCUT2D eigenvalue weighted by molar-refractivity contribution is -0.137. The van der Waals surface area contributed by atoms with E-state index in [1.165, 1.54) is 30.5 Å². The second-order valence-electron chi connectivity index (χ2n) is 5.17.